The van der Waals surface area contributed by atoms with Gasteiger partial charge in [0.15, 0.2) is 5.11 Å². The van der Waals surface area contributed by atoms with Crippen LogP contribution in [-0.4, -0.2) is 22.1 Å². The molecule has 0 saturated carbocycles. The van der Waals surface area contributed by atoms with Crippen LogP contribution < -0.4 is 5.32 Å². The molecule has 0 radical (unpaired) electrons. The van der Waals surface area contributed by atoms with Crippen LogP contribution in [0.1, 0.15) is 33.1 Å². The van der Waals surface area contributed by atoms with Crippen molar-refractivity contribution >= 4 is 38.9 Å². The summed E-state index contributed by atoms with van der Waals surface area (Å²) in [6.45, 7) is 4.51. The van der Waals surface area contributed by atoms with E-state index < -0.39 is 0 Å². The predicted molar refractivity (Wildman–Crippen MR) is 85.0 cm³/mol. The number of thiocarbonyl (C=S) groups is 1. The van der Waals surface area contributed by atoms with E-state index in [-0.39, 0.29) is 0 Å². The van der Waals surface area contributed by atoms with Crippen LogP contribution in [-0.2, 0) is 0 Å². The molecule has 1 aromatic carbocycles. The van der Waals surface area contributed by atoms with Crippen LogP contribution >= 0.6 is 28.1 Å². The third-order valence-corrected chi connectivity index (χ3v) is 4.37. The quantitative estimate of drug-likeness (QED) is 0.769. The van der Waals surface area contributed by atoms with E-state index >= 15 is 0 Å². The smallest absolute Gasteiger partial charge is 0.173 e. The molecule has 1 aliphatic rings. The molecule has 1 N–H and O–H groups in total. The van der Waals surface area contributed by atoms with Gasteiger partial charge in [-0.1, -0.05) is 15.9 Å². The van der Waals surface area contributed by atoms with Crippen molar-refractivity contribution in [3.63, 3.8) is 0 Å². The number of halogens is 1. The maximum Gasteiger partial charge on any atom is 0.173 e. The Kier molecular flexibility index (Phi) is 4.62. The summed E-state index contributed by atoms with van der Waals surface area (Å²) in [7, 11) is 0. The van der Waals surface area contributed by atoms with Gasteiger partial charge in [-0.15, -0.1) is 0 Å². The van der Waals surface area contributed by atoms with Crippen molar-refractivity contribution in [1.82, 2.24) is 4.90 Å². The van der Waals surface area contributed by atoms with Gasteiger partial charge in [-0.3, -0.25) is 0 Å². The van der Waals surface area contributed by atoms with Crippen LogP contribution in [0.25, 0.3) is 0 Å². The van der Waals surface area contributed by atoms with Crippen molar-refractivity contribution in [2.24, 2.45) is 0 Å². The van der Waals surface area contributed by atoms with Gasteiger partial charge in [0.05, 0.1) is 0 Å². The first-order chi connectivity index (χ1) is 8.58. The number of hydrogen-bond donors (Lipinski definition) is 1. The van der Waals surface area contributed by atoms with Crippen LogP contribution in [0.5, 0.6) is 0 Å². The Bertz CT molecular complexity index is 408. The van der Waals surface area contributed by atoms with Crippen LogP contribution in [0.3, 0.4) is 0 Å². The third-order valence-electron chi connectivity index (χ3n) is 3.52. The van der Waals surface area contributed by atoms with Crippen molar-refractivity contribution in [1.29, 1.82) is 0 Å². The van der Waals surface area contributed by atoms with Gasteiger partial charge in [0.1, 0.15) is 0 Å². The topological polar surface area (TPSA) is 15.3 Å². The first-order valence-electron chi connectivity index (χ1n) is 6.43. The summed E-state index contributed by atoms with van der Waals surface area (Å²) in [5, 5.41) is 4.18. The molecule has 0 aliphatic carbocycles. The number of hydrogen-bond acceptors (Lipinski definition) is 1. The zero-order valence-corrected chi connectivity index (χ0v) is 13.2. The second-order valence-corrected chi connectivity index (χ2v) is 6.28. The van der Waals surface area contributed by atoms with Gasteiger partial charge < -0.3 is 10.2 Å². The molecule has 18 heavy (non-hydrogen) atoms. The van der Waals surface area contributed by atoms with Gasteiger partial charge in [-0.05, 0) is 69.6 Å². The monoisotopic (exact) mass is 326 g/mol. The second-order valence-electron chi connectivity index (χ2n) is 4.97. The number of nitrogens with zero attached hydrogens (tertiary/aromatic N) is 1. The molecule has 4 heteroatoms. The molecule has 1 fully saturated rings. The molecular weight excluding hydrogens is 308 g/mol. The molecule has 0 amide bonds. The minimum atomic E-state index is 0.532. The van der Waals surface area contributed by atoms with Gasteiger partial charge >= 0.3 is 0 Å². The van der Waals surface area contributed by atoms with Crippen molar-refractivity contribution in [2.75, 3.05) is 5.32 Å². The highest BCUT2D eigenvalue weighted by Gasteiger charge is 2.26. The summed E-state index contributed by atoms with van der Waals surface area (Å²) >= 11 is 8.98. The zero-order valence-electron chi connectivity index (χ0n) is 10.8. The number of rotatable bonds is 1. The van der Waals surface area contributed by atoms with Crippen LogP contribution in [0.2, 0.25) is 0 Å². The molecule has 0 bridgehead atoms. The van der Waals surface area contributed by atoms with Crippen molar-refractivity contribution < 1.29 is 0 Å². The minimum absolute atomic E-state index is 0.532. The molecule has 1 aromatic rings. The highest BCUT2D eigenvalue weighted by molar-refractivity contribution is 9.10. The summed E-state index contributed by atoms with van der Waals surface area (Å²) < 4.78 is 1.08. The molecule has 2 rings (SSSR count). The van der Waals surface area contributed by atoms with Crippen molar-refractivity contribution in [3.05, 3.63) is 28.7 Å². The molecule has 2 nitrogen and oxygen atoms in total. The lowest BCUT2D eigenvalue weighted by Crippen LogP contribution is -2.49. The Hall–Kier alpha value is -0.610. The molecular formula is C14H19BrN2S. The van der Waals surface area contributed by atoms with E-state index in [9.17, 15) is 0 Å². The Morgan fingerprint density at radius 1 is 1.22 bits per heavy atom. The summed E-state index contributed by atoms with van der Waals surface area (Å²) in [5.74, 6) is 0. The summed E-state index contributed by atoms with van der Waals surface area (Å²) in [5.41, 5.74) is 1.05. The van der Waals surface area contributed by atoms with E-state index in [0.29, 0.717) is 12.1 Å². The summed E-state index contributed by atoms with van der Waals surface area (Å²) in [6.07, 6.45) is 3.76. The first kappa shape index (κ1) is 13.8. The second kappa shape index (κ2) is 6.02. The molecule has 0 spiro atoms. The normalized spacial score (nSPS) is 23.8. The molecule has 1 heterocycles. The number of benzene rings is 1. The molecule has 2 atom stereocenters. The molecule has 0 aromatic heterocycles. The lowest BCUT2D eigenvalue weighted by molar-refractivity contribution is 0.194. The van der Waals surface area contributed by atoms with Gasteiger partial charge in [0, 0.05) is 22.2 Å². The molecule has 1 saturated heterocycles. The number of likely N-dealkylation sites (tertiary alicyclic amines) is 1. The average molecular weight is 327 g/mol. The molecule has 0 unspecified atom stereocenters. The minimum Gasteiger partial charge on any atom is -0.344 e. The number of anilines is 1. The Morgan fingerprint density at radius 2 is 1.78 bits per heavy atom. The average Bonchev–Trinajstić information content (AvgIpc) is 2.32. The highest BCUT2D eigenvalue weighted by atomic mass is 79.9. The maximum atomic E-state index is 5.55. The van der Waals surface area contributed by atoms with Gasteiger partial charge in [0.25, 0.3) is 0 Å². The van der Waals surface area contributed by atoms with E-state index in [1.54, 1.807) is 0 Å². The maximum absolute atomic E-state index is 5.55. The third kappa shape index (κ3) is 3.23. The summed E-state index contributed by atoms with van der Waals surface area (Å²) in [4.78, 5) is 2.33. The first-order valence-corrected chi connectivity index (χ1v) is 7.63. The number of nitrogens with one attached hydrogen (secondary N) is 1. The van der Waals surface area contributed by atoms with Gasteiger partial charge in [0.2, 0.25) is 0 Å². The Balaban J connectivity index is 2.04. The van der Waals surface area contributed by atoms with Gasteiger partial charge in [-0.2, -0.15) is 0 Å². The fourth-order valence-electron chi connectivity index (χ4n) is 2.54. The van der Waals surface area contributed by atoms with E-state index in [1.165, 1.54) is 19.3 Å². The SMILES string of the molecule is C[C@@H]1CCC[C@H](C)N1C(=S)Nc1ccc(Br)cc1. The van der Waals surface area contributed by atoms with E-state index in [0.717, 1.165) is 15.3 Å². The highest BCUT2D eigenvalue weighted by Crippen LogP contribution is 2.24. The molecule has 98 valence electrons. The molecule has 1 aliphatic heterocycles. The van der Waals surface area contributed by atoms with Crippen molar-refractivity contribution in [3.8, 4) is 0 Å². The standard InChI is InChI=1S/C14H19BrN2S/c1-10-4-3-5-11(2)17(10)14(18)16-13-8-6-12(15)7-9-13/h6-11H,3-5H2,1-2H3,(H,16,18)/t10-,11+. The van der Waals surface area contributed by atoms with E-state index in [1.807, 2.05) is 24.3 Å². The Labute approximate surface area is 123 Å². The van der Waals surface area contributed by atoms with Crippen LogP contribution in [0.15, 0.2) is 28.7 Å². The Morgan fingerprint density at radius 3 is 2.33 bits per heavy atom. The largest absolute Gasteiger partial charge is 0.344 e. The van der Waals surface area contributed by atoms with E-state index in [2.05, 4.69) is 40.0 Å². The fourth-order valence-corrected chi connectivity index (χ4v) is 3.28. The van der Waals surface area contributed by atoms with Crippen molar-refractivity contribution in [2.45, 2.75) is 45.2 Å². The summed E-state index contributed by atoms with van der Waals surface area (Å²) in [6, 6.07) is 9.18. The lowest BCUT2D eigenvalue weighted by Gasteiger charge is -2.40. The number of piperidine rings is 1. The van der Waals surface area contributed by atoms with Crippen LogP contribution in [0, 0.1) is 0 Å². The predicted octanol–water partition coefficient (Wildman–Crippen LogP) is 4.41. The fraction of sp³-hybridized carbons (Fsp3) is 0.500. The van der Waals surface area contributed by atoms with Crippen LogP contribution in [0.4, 0.5) is 5.69 Å². The lowest BCUT2D eigenvalue weighted by atomic mass is 9.98. The zero-order chi connectivity index (χ0) is 13.1. The van der Waals surface area contributed by atoms with E-state index in [4.69, 9.17) is 12.2 Å². The van der Waals surface area contributed by atoms with Gasteiger partial charge in [-0.25, -0.2) is 0 Å².